The number of carbonyl (C=O) groups is 1. The van der Waals surface area contributed by atoms with E-state index in [9.17, 15) is 10.1 Å². The van der Waals surface area contributed by atoms with Crippen molar-refractivity contribution in [1.29, 1.82) is 5.26 Å². The predicted octanol–water partition coefficient (Wildman–Crippen LogP) is 4.09. The fourth-order valence-electron chi connectivity index (χ4n) is 5.00. The number of aromatic nitrogens is 2. The van der Waals surface area contributed by atoms with Crippen molar-refractivity contribution in [1.82, 2.24) is 14.3 Å². The molecule has 0 radical (unpaired) electrons. The number of ether oxygens (including phenoxy) is 1. The Morgan fingerprint density at radius 2 is 1.91 bits per heavy atom. The molecule has 1 saturated heterocycles. The van der Waals surface area contributed by atoms with Gasteiger partial charge in [-0.15, -0.1) is 0 Å². The van der Waals surface area contributed by atoms with Gasteiger partial charge in [-0.2, -0.15) is 5.26 Å². The first-order valence-electron chi connectivity index (χ1n) is 11.9. The summed E-state index contributed by atoms with van der Waals surface area (Å²) in [5, 5.41) is 10.1. The Kier molecular flexibility index (Phi) is 6.14. The molecule has 0 saturated carbocycles. The molecule has 0 spiro atoms. The summed E-state index contributed by atoms with van der Waals surface area (Å²) in [6.07, 6.45) is 1.12. The maximum atomic E-state index is 13.1. The van der Waals surface area contributed by atoms with E-state index < -0.39 is 0 Å². The molecule has 0 N–H and O–H groups in total. The van der Waals surface area contributed by atoms with E-state index in [-0.39, 0.29) is 19.0 Å². The Labute approximate surface area is 205 Å². The van der Waals surface area contributed by atoms with Crippen LogP contribution < -0.4 is 4.90 Å². The molecule has 1 aliphatic rings. The number of benzene rings is 2. The number of likely N-dealkylation sites (N-methyl/N-ethyl adjacent to an activating group) is 1. The van der Waals surface area contributed by atoms with Crippen LogP contribution in [0.1, 0.15) is 28.7 Å². The summed E-state index contributed by atoms with van der Waals surface area (Å²) in [7, 11) is 4.20. The number of nitrogens with zero attached hydrogens (tertiary/aromatic N) is 5. The average Bonchev–Trinajstić information content (AvgIpc) is 3.50. The zero-order chi connectivity index (χ0) is 24.5. The molecule has 2 aromatic heterocycles. The molecule has 2 aromatic carbocycles. The molecular weight excluding hydrogens is 438 g/mol. The zero-order valence-corrected chi connectivity index (χ0v) is 20.4. The van der Waals surface area contributed by atoms with E-state index in [2.05, 4.69) is 34.4 Å². The number of hydrogen-bond acceptors (Lipinski definition) is 6. The van der Waals surface area contributed by atoms with Crippen LogP contribution in [-0.2, 0) is 22.6 Å². The van der Waals surface area contributed by atoms with Crippen LogP contribution in [0.15, 0.2) is 54.6 Å². The SMILES string of the molecule is Cc1c(CC(=O)OCc2ccccc2)c(N2CC[C@H](N(C)C)C2)n2c(nc3ccccc32)c1C#N. The van der Waals surface area contributed by atoms with Crippen LogP contribution in [0.5, 0.6) is 0 Å². The van der Waals surface area contributed by atoms with Gasteiger partial charge in [0.2, 0.25) is 0 Å². The first-order valence-corrected chi connectivity index (χ1v) is 11.9. The number of fused-ring (bicyclic) bond motifs is 3. The minimum Gasteiger partial charge on any atom is -0.461 e. The molecule has 1 fully saturated rings. The first-order chi connectivity index (χ1) is 17.0. The van der Waals surface area contributed by atoms with Gasteiger partial charge in [0.25, 0.3) is 0 Å². The highest BCUT2D eigenvalue weighted by Crippen LogP contribution is 2.35. The highest BCUT2D eigenvalue weighted by atomic mass is 16.5. The summed E-state index contributed by atoms with van der Waals surface area (Å²) in [6, 6.07) is 20.3. The van der Waals surface area contributed by atoms with Gasteiger partial charge in [0, 0.05) is 24.7 Å². The molecule has 0 unspecified atom stereocenters. The zero-order valence-electron chi connectivity index (χ0n) is 20.4. The Balaban J connectivity index is 1.62. The van der Waals surface area contributed by atoms with Crippen LogP contribution in [0.4, 0.5) is 5.82 Å². The molecule has 7 heteroatoms. The summed E-state index contributed by atoms with van der Waals surface area (Å²) in [5.41, 5.74) is 5.46. The molecule has 7 nitrogen and oxygen atoms in total. The van der Waals surface area contributed by atoms with E-state index in [1.54, 1.807) is 0 Å². The molecule has 0 aliphatic carbocycles. The number of pyridine rings is 1. The van der Waals surface area contributed by atoms with Crippen molar-refractivity contribution in [2.45, 2.75) is 32.4 Å². The second kappa shape index (κ2) is 9.40. The van der Waals surface area contributed by atoms with Crippen molar-refractivity contribution in [3.05, 3.63) is 76.9 Å². The molecule has 4 aromatic rings. The Bertz CT molecular complexity index is 1440. The predicted molar refractivity (Wildman–Crippen MR) is 136 cm³/mol. The second-order valence-corrected chi connectivity index (χ2v) is 9.35. The monoisotopic (exact) mass is 467 g/mol. The third kappa shape index (κ3) is 4.22. The number of esters is 1. The summed E-state index contributed by atoms with van der Waals surface area (Å²) in [4.78, 5) is 22.5. The van der Waals surface area contributed by atoms with E-state index in [0.717, 1.165) is 53.1 Å². The van der Waals surface area contributed by atoms with Crippen molar-refractivity contribution in [2.75, 3.05) is 32.1 Å². The maximum absolute atomic E-state index is 13.1. The van der Waals surface area contributed by atoms with E-state index in [1.165, 1.54) is 0 Å². The first kappa shape index (κ1) is 22.9. The highest BCUT2D eigenvalue weighted by molar-refractivity contribution is 5.88. The Morgan fingerprint density at radius 1 is 1.17 bits per heavy atom. The lowest BCUT2D eigenvalue weighted by Gasteiger charge is -2.27. The lowest BCUT2D eigenvalue weighted by Crippen LogP contribution is -2.33. The van der Waals surface area contributed by atoms with Gasteiger partial charge in [-0.25, -0.2) is 4.98 Å². The van der Waals surface area contributed by atoms with E-state index in [0.29, 0.717) is 17.3 Å². The highest BCUT2D eigenvalue weighted by Gasteiger charge is 2.31. The smallest absolute Gasteiger partial charge is 0.310 e. The lowest BCUT2D eigenvalue weighted by atomic mass is 10.0. The topological polar surface area (TPSA) is 73.9 Å². The maximum Gasteiger partial charge on any atom is 0.310 e. The van der Waals surface area contributed by atoms with Crippen LogP contribution in [0, 0.1) is 18.3 Å². The minimum atomic E-state index is -0.311. The minimum absolute atomic E-state index is 0.0915. The number of para-hydroxylation sites is 2. The number of hydrogen-bond donors (Lipinski definition) is 0. The summed E-state index contributed by atoms with van der Waals surface area (Å²) in [5.74, 6) is 0.625. The third-order valence-electron chi connectivity index (χ3n) is 6.96. The fraction of sp³-hybridized carbons (Fsp3) is 0.321. The number of rotatable bonds is 6. The van der Waals surface area contributed by atoms with Gasteiger partial charge in [-0.05, 0) is 50.7 Å². The van der Waals surface area contributed by atoms with Crippen molar-refractivity contribution in [3.8, 4) is 6.07 Å². The molecule has 1 aliphatic heterocycles. The van der Waals surface area contributed by atoms with Crippen molar-refractivity contribution in [2.24, 2.45) is 0 Å². The molecule has 0 amide bonds. The number of imidazole rings is 1. The Morgan fingerprint density at radius 3 is 2.63 bits per heavy atom. The Hall–Kier alpha value is -3.89. The summed E-state index contributed by atoms with van der Waals surface area (Å²) in [6.45, 7) is 3.84. The van der Waals surface area contributed by atoms with Gasteiger partial charge in [0.05, 0.1) is 23.0 Å². The van der Waals surface area contributed by atoms with Crippen LogP contribution >= 0.6 is 0 Å². The average molecular weight is 468 g/mol. The molecule has 35 heavy (non-hydrogen) atoms. The van der Waals surface area contributed by atoms with Gasteiger partial charge in [-0.3, -0.25) is 9.20 Å². The molecule has 178 valence electrons. The summed E-state index contributed by atoms with van der Waals surface area (Å²) >= 11 is 0. The third-order valence-corrected chi connectivity index (χ3v) is 6.96. The van der Waals surface area contributed by atoms with Gasteiger partial charge in [-0.1, -0.05) is 42.5 Å². The quantitative estimate of drug-likeness (QED) is 0.398. The van der Waals surface area contributed by atoms with Crippen LogP contribution in [0.3, 0.4) is 0 Å². The van der Waals surface area contributed by atoms with E-state index in [4.69, 9.17) is 9.72 Å². The second-order valence-electron chi connectivity index (χ2n) is 9.35. The number of nitriles is 1. The molecule has 3 heterocycles. The van der Waals surface area contributed by atoms with Gasteiger partial charge >= 0.3 is 5.97 Å². The van der Waals surface area contributed by atoms with Gasteiger partial charge in [0.15, 0.2) is 5.65 Å². The molecule has 1 atom stereocenters. The van der Waals surface area contributed by atoms with Gasteiger partial charge < -0.3 is 14.5 Å². The van der Waals surface area contributed by atoms with E-state index in [1.807, 2.05) is 61.5 Å². The molecule has 5 rings (SSSR count). The normalized spacial score (nSPS) is 15.7. The van der Waals surface area contributed by atoms with Crippen molar-refractivity contribution >= 4 is 28.5 Å². The van der Waals surface area contributed by atoms with Crippen molar-refractivity contribution in [3.63, 3.8) is 0 Å². The molecular formula is C28H29N5O2. The number of carbonyl (C=O) groups excluding carboxylic acids is 1. The van der Waals surface area contributed by atoms with Gasteiger partial charge in [0.1, 0.15) is 18.5 Å². The van der Waals surface area contributed by atoms with Crippen LogP contribution in [-0.4, -0.2) is 53.5 Å². The number of anilines is 1. The standard InChI is InChI=1S/C28H29N5O2/c1-19-22(15-26(34)35-18-20-9-5-4-6-10-20)28(32-14-13-21(17-32)31(2)3)33-25-12-8-7-11-24(25)30-27(33)23(19)16-29/h4-12,21H,13-15,17-18H2,1-3H3/t21-/m0/s1. The molecule has 0 bridgehead atoms. The summed E-state index contributed by atoms with van der Waals surface area (Å²) < 4.78 is 7.71. The van der Waals surface area contributed by atoms with Crippen LogP contribution in [0.25, 0.3) is 16.7 Å². The lowest BCUT2D eigenvalue weighted by molar-refractivity contribution is -0.144. The van der Waals surface area contributed by atoms with Crippen molar-refractivity contribution < 1.29 is 9.53 Å². The largest absolute Gasteiger partial charge is 0.461 e. The van der Waals surface area contributed by atoms with Crippen LogP contribution in [0.2, 0.25) is 0 Å². The van der Waals surface area contributed by atoms with E-state index >= 15 is 0 Å². The fourth-order valence-corrected chi connectivity index (χ4v) is 5.00.